The molecule has 0 saturated carbocycles. The van der Waals surface area contributed by atoms with Crippen LogP contribution in [0.5, 0.6) is 17.2 Å². The highest BCUT2D eigenvalue weighted by Gasteiger charge is 2.27. The first kappa shape index (κ1) is 22.5. The Balaban J connectivity index is 1.57. The number of H-pyrrole nitrogens is 1. The summed E-state index contributed by atoms with van der Waals surface area (Å²) in [5.74, 6) is 2.94. The number of amides is 1. The molecule has 2 aromatic carbocycles. The van der Waals surface area contributed by atoms with Crippen molar-refractivity contribution in [1.82, 2.24) is 25.1 Å². The van der Waals surface area contributed by atoms with E-state index in [-0.39, 0.29) is 19.1 Å². The maximum Gasteiger partial charge on any atom is 0.241 e. The molecule has 0 saturated heterocycles. The molecule has 3 heterocycles. The average molecular weight is 475 g/mol. The number of benzene rings is 2. The van der Waals surface area contributed by atoms with E-state index in [1.165, 1.54) is 0 Å². The van der Waals surface area contributed by atoms with Gasteiger partial charge in [-0.05, 0) is 29.8 Å². The summed E-state index contributed by atoms with van der Waals surface area (Å²) in [5, 5.41) is 7.70. The third kappa shape index (κ3) is 4.42. The fraction of sp³-hybridized carbons (Fsp3) is 0.280. The van der Waals surface area contributed by atoms with Gasteiger partial charge in [0.15, 0.2) is 23.4 Å². The van der Waals surface area contributed by atoms with Crippen LogP contribution in [-0.2, 0) is 4.79 Å². The topological polar surface area (TPSA) is 106 Å². The van der Waals surface area contributed by atoms with Crippen LogP contribution in [0.15, 0.2) is 48.8 Å². The molecule has 0 aliphatic carbocycles. The summed E-state index contributed by atoms with van der Waals surface area (Å²) in [5.41, 5.74) is 2.65. The van der Waals surface area contributed by atoms with E-state index >= 15 is 0 Å². The number of rotatable bonds is 6. The second-order valence-corrected chi connectivity index (χ2v) is 8.50. The van der Waals surface area contributed by atoms with Crippen LogP contribution in [0.25, 0.3) is 22.0 Å². The van der Waals surface area contributed by atoms with Gasteiger partial charge in [-0.15, -0.1) is 0 Å². The van der Waals surface area contributed by atoms with Crippen LogP contribution in [0.3, 0.4) is 0 Å². The number of carbonyl (C=O) groups is 1. The number of hydrogen-bond acceptors (Lipinski definition) is 8. The predicted octanol–water partition coefficient (Wildman–Crippen LogP) is 3.07. The Morgan fingerprint density at radius 2 is 1.97 bits per heavy atom. The number of hydrogen-bond donors (Lipinski definition) is 1. The third-order valence-corrected chi connectivity index (χ3v) is 5.86. The minimum atomic E-state index is -0.524. The van der Waals surface area contributed by atoms with Crippen molar-refractivity contribution in [2.45, 2.75) is 6.10 Å². The molecular weight excluding hydrogens is 448 g/mol. The lowest BCUT2D eigenvalue weighted by molar-refractivity contribution is -0.127. The molecule has 1 amide bonds. The number of aromatic amines is 1. The molecule has 0 spiro atoms. The van der Waals surface area contributed by atoms with Gasteiger partial charge in [-0.1, -0.05) is 6.07 Å². The molecule has 1 aliphatic heterocycles. The fourth-order valence-corrected chi connectivity index (χ4v) is 3.88. The van der Waals surface area contributed by atoms with Gasteiger partial charge in [-0.2, -0.15) is 5.10 Å². The molecule has 2 aromatic heterocycles. The molecule has 0 fully saturated rings. The molecule has 10 nitrogen and oxygen atoms in total. The summed E-state index contributed by atoms with van der Waals surface area (Å²) in [6.07, 6.45) is 3.06. The first-order valence-corrected chi connectivity index (χ1v) is 11.1. The van der Waals surface area contributed by atoms with E-state index in [1.807, 2.05) is 48.5 Å². The third-order valence-electron chi connectivity index (χ3n) is 5.86. The molecule has 4 aromatic rings. The second-order valence-electron chi connectivity index (χ2n) is 8.50. The quantitative estimate of drug-likeness (QED) is 0.455. The number of likely N-dealkylation sites (N-methyl/N-ethyl adjacent to an activating group) is 2. The van der Waals surface area contributed by atoms with Crippen LogP contribution >= 0.6 is 0 Å². The molecule has 180 valence electrons. The fourth-order valence-electron chi connectivity index (χ4n) is 3.88. The normalized spacial score (nSPS) is 14.6. The minimum absolute atomic E-state index is 0.0370. The molecule has 35 heavy (non-hydrogen) atoms. The van der Waals surface area contributed by atoms with E-state index < -0.39 is 6.10 Å². The molecular formula is C25H26N6O4. The summed E-state index contributed by atoms with van der Waals surface area (Å²) in [6.45, 7) is 0.425. The van der Waals surface area contributed by atoms with E-state index in [2.05, 4.69) is 10.2 Å². The highest BCUT2D eigenvalue weighted by molar-refractivity contribution is 5.94. The lowest BCUT2D eigenvalue weighted by atomic mass is 10.1. The van der Waals surface area contributed by atoms with Crippen LogP contribution < -0.4 is 19.1 Å². The van der Waals surface area contributed by atoms with Crippen LogP contribution in [0.2, 0.25) is 0 Å². The number of carbonyl (C=O) groups excluding carboxylic acids is 1. The number of methoxy groups -OCH3 is 1. The Bertz CT molecular complexity index is 1370. The van der Waals surface area contributed by atoms with Crippen molar-refractivity contribution >= 4 is 22.6 Å². The first-order valence-electron chi connectivity index (χ1n) is 11.1. The second kappa shape index (κ2) is 9.13. The molecule has 0 bridgehead atoms. The van der Waals surface area contributed by atoms with E-state index in [0.717, 1.165) is 22.0 Å². The Hall–Kier alpha value is -4.34. The molecule has 0 radical (unpaired) electrons. The van der Waals surface area contributed by atoms with Crippen LogP contribution in [-0.4, -0.2) is 72.4 Å². The van der Waals surface area contributed by atoms with Gasteiger partial charge in [0.25, 0.3) is 0 Å². The van der Waals surface area contributed by atoms with Gasteiger partial charge in [0.2, 0.25) is 5.91 Å². The smallest absolute Gasteiger partial charge is 0.241 e. The van der Waals surface area contributed by atoms with E-state index in [0.29, 0.717) is 28.9 Å². The highest BCUT2D eigenvalue weighted by Crippen LogP contribution is 2.39. The monoisotopic (exact) mass is 474 g/mol. The summed E-state index contributed by atoms with van der Waals surface area (Å²) in [7, 11) is 6.91. The predicted molar refractivity (Wildman–Crippen MR) is 131 cm³/mol. The molecule has 5 rings (SSSR count). The van der Waals surface area contributed by atoms with Gasteiger partial charge in [0.1, 0.15) is 18.2 Å². The highest BCUT2D eigenvalue weighted by atomic mass is 16.6. The lowest BCUT2D eigenvalue weighted by Gasteiger charge is -2.27. The lowest BCUT2D eigenvalue weighted by Crippen LogP contribution is -2.35. The number of aromatic nitrogens is 4. The number of anilines is 1. The van der Waals surface area contributed by atoms with Crippen molar-refractivity contribution in [2.75, 3.05) is 46.3 Å². The summed E-state index contributed by atoms with van der Waals surface area (Å²) >= 11 is 0. The van der Waals surface area contributed by atoms with Gasteiger partial charge < -0.3 is 24.0 Å². The molecule has 1 atom stereocenters. The SMILES string of the molecule is COc1ccc2c(c1)OC(c1nc(N(C)CC(=O)N(C)C)c3cc(-c4cn[nH]c4)ccc3n1)CO2. The summed E-state index contributed by atoms with van der Waals surface area (Å²) in [6, 6.07) is 11.3. The maximum absolute atomic E-state index is 12.5. The Kier molecular flexibility index (Phi) is 5.86. The van der Waals surface area contributed by atoms with Crippen LogP contribution in [0.1, 0.15) is 11.9 Å². The average Bonchev–Trinajstić information content (AvgIpc) is 3.42. The zero-order valence-corrected chi connectivity index (χ0v) is 20.0. The first-order chi connectivity index (χ1) is 16.9. The van der Waals surface area contributed by atoms with Crippen molar-refractivity contribution in [3.05, 3.63) is 54.6 Å². The maximum atomic E-state index is 12.5. The zero-order chi connectivity index (χ0) is 24.5. The van der Waals surface area contributed by atoms with E-state index in [9.17, 15) is 4.79 Å². The zero-order valence-electron chi connectivity index (χ0n) is 20.0. The Morgan fingerprint density at radius 1 is 1.11 bits per heavy atom. The largest absolute Gasteiger partial charge is 0.497 e. The van der Waals surface area contributed by atoms with Crippen molar-refractivity contribution in [3.8, 4) is 28.4 Å². The summed E-state index contributed by atoms with van der Waals surface area (Å²) < 4.78 is 17.4. The van der Waals surface area contributed by atoms with Gasteiger partial charge in [0.05, 0.1) is 25.4 Å². The van der Waals surface area contributed by atoms with Gasteiger partial charge in [0, 0.05) is 44.4 Å². The molecule has 1 N–H and O–H groups in total. The summed E-state index contributed by atoms with van der Waals surface area (Å²) in [4.78, 5) is 25.5. The molecule has 1 aliphatic rings. The van der Waals surface area contributed by atoms with Gasteiger partial charge in [-0.3, -0.25) is 9.89 Å². The number of nitrogens with zero attached hydrogens (tertiary/aromatic N) is 5. The van der Waals surface area contributed by atoms with E-state index in [1.54, 1.807) is 38.4 Å². The van der Waals surface area contributed by atoms with Gasteiger partial charge >= 0.3 is 0 Å². The van der Waals surface area contributed by atoms with Crippen molar-refractivity contribution in [2.24, 2.45) is 0 Å². The standard InChI is InChI=1S/C25H26N6O4/c1-30(2)23(32)13-31(3)25-18-9-15(16-11-26-27-12-16)5-7-19(18)28-24(29-25)22-14-34-20-8-6-17(33-4)10-21(20)35-22/h5-12,22H,13-14H2,1-4H3,(H,26,27). The Labute approximate surface area is 202 Å². The van der Waals surface area contributed by atoms with Crippen LogP contribution in [0.4, 0.5) is 5.82 Å². The van der Waals surface area contributed by atoms with Gasteiger partial charge in [-0.25, -0.2) is 9.97 Å². The van der Waals surface area contributed by atoms with Crippen LogP contribution in [0, 0.1) is 0 Å². The molecule has 10 heteroatoms. The number of nitrogens with one attached hydrogen (secondary N) is 1. The minimum Gasteiger partial charge on any atom is -0.497 e. The molecule has 1 unspecified atom stereocenters. The van der Waals surface area contributed by atoms with Crippen molar-refractivity contribution < 1.29 is 19.0 Å². The Morgan fingerprint density at radius 3 is 2.71 bits per heavy atom. The van der Waals surface area contributed by atoms with Crippen molar-refractivity contribution in [3.63, 3.8) is 0 Å². The van der Waals surface area contributed by atoms with E-state index in [4.69, 9.17) is 24.2 Å². The van der Waals surface area contributed by atoms with Crippen molar-refractivity contribution in [1.29, 1.82) is 0 Å². The number of fused-ring (bicyclic) bond motifs is 2. The number of ether oxygens (including phenoxy) is 3.